The Kier molecular flexibility index (Phi) is 7.32. The van der Waals surface area contributed by atoms with E-state index in [1.54, 1.807) is 16.9 Å². The smallest absolute Gasteiger partial charge is 0.327 e. The average molecular weight is 381 g/mol. The fraction of sp³-hybridized carbons (Fsp3) is 0.632. The second-order valence-electron chi connectivity index (χ2n) is 7.07. The maximum Gasteiger partial charge on any atom is 0.327 e. The third-order valence-corrected chi connectivity index (χ3v) is 5.83. The maximum absolute atomic E-state index is 12.9. The van der Waals surface area contributed by atoms with E-state index in [2.05, 4.69) is 5.32 Å². The van der Waals surface area contributed by atoms with Gasteiger partial charge in [-0.25, -0.2) is 4.79 Å². The number of rotatable bonds is 7. The number of thioether (sulfide) groups is 1. The zero-order chi connectivity index (χ0) is 19.3. The molecule has 0 radical (unpaired) electrons. The quantitative estimate of drug-likeness (QED) is 0.759. The van der Waals surface area contributed by atoms with Crippen LogP contribution >= 0.6 is 11.8 Å². The first kappa shape index (κ1) is 20.6. The summed E-state index contributed by atoms with van der Waals surface area (Å²) in [6.45, 7) is 4.40. The molecule has 0 aromatic carbocycles. The number of pyridine rings is 1. The molecule has 7 heteroatoms. The summed E-state index contributed by atoms with van der Waals surface area (Å²) in [4.78, 5) is 36.8. The van der Waals surface area contributed by atoms with Crippen molar-refractivity contribution in [1.29, 1.82) is 0 Å². The molecule has 1 saturated carbocycles. The first-order valence-corrected chi connectivity index (χ1v) is 10.5. The van der Waals surface area contributed by atoms with Crippen LogP contribution in [-0.2, 0) is 11.3 Å². The van der Waals surface area contributed by atoms with E-state index < -0.39 is 17.9 Å². The normalized spacial score (nSPS) is 16.3. The Balaban J connectivity index is 2.29. The van der Waals surface area contributed by atoms with Crippen molar-refractivity contribution in [3.63, 3.8) is 0 Å². The number of hydrogen-bond donors (Lipinski definition) is 2. The molecule has 6 nitrogen and oxygen atoms in total. The highest BCUT2D eigenvalue weighted by molar-refractivity contribution is 7.98. The van der Waals surface area contributed by atoms with Gasteiger partial charge in [-0.05, 0) is 50.5 Å². The van der Waals surface area contributed by atoms with Gasteiger partial charge in [-0.3, -0.25) is 9.59 Å². The monoisotopic (exact) mass is 380 g/mol. The van der Waals surface area contributed by atoms with Crippen LogP contribution in [0.2, 0.25) is 0 Å². The molecule has 1 aromatic heterocycles. The van der Waals surface area contributed by atoms with Gasteiger partial charge in [-0.1, -0.05) is 19.3 Å². The lowest BCUT2D eigenvalue weighted by Crippen LogP contribution is -2.45. The summed E-state index contributed by atoms with van der Waals surface area (Å²) in [5.74, 6) is -1.00. The fourth-order valence-electron chi connectivity index (χ4n) is 3.48. The number of carboxylic acid groups (broad SMARTS) is 1. The molecule has 144 valence electrons. The third-order valence-electron chi connectivity index (χ3n) is 5.16. The van der Waals surface area contributed by atoms with E-state index in [-0.39, 0.29) is 16.9 Å². The number of carbonyl (C=O) groups excluding carboxylic acids is 1. The zero-order valence-corrected chi connectivity index (χ0v) is 16.5. The highest BCUT2D eigenvalue weighted by Crippen LogP contribution is 2.25. The molecule has 0 spiro atoms. The Labute approximate surface area is 158 Å². The van der Waals surface area contributed by atoms with E-state index in [4.69, 9.17) is 0 Å². The molecule has 2 N–H and O–H groups in total. The largest absolute Gasteiger partial charge is 0.480 e. The van der Waals surface area contributed by atoms with E-state index in [1.165, 1.54) is 31.0 Å². The second kappa shape index (κ2) is 9.26. The lowest BCUT2D eigenvalue weighted by Gasteiger charge is -2.24. The van der Waals surface area contributed by atoms with Crippen LogP contribution in [0.4, 0.5) is 0 Å². The van der Waals surface area contributed by atoms with E-state index >= 15 is 0 Å². The van der Waals surface area contributed by atoms with Crippen LogP contribution in [0.15, 0.2) is 10.9 Å². The molecular weight excluding hydrogens is 352 g/mol. The van der Waals surface area contributed by atoms with Gasteiger partial charge < -0.3 is 15.0 Å². The fourth-order valence-corrected chi connectivity index (χ4v) is 4.04. The molecule has 1 amide bonds. The lowest BCUT2D eigenvalue weighted by atomic mass is 9.89. The first-order chi connectivity index (χ1) is 12.3. The van der Waals surface area contributed by atoms with Crippen molar-refractivity contribution in [2.45, 2.75) is 58.5 Å². The minimum atomic E-state index is -1.10. The van der Waals surface area contributed by atoms with Gasteiger partial charge in [0.15, 0.2) is 0 Å². The van der Waals surface area contributed by atoms with Crippen LogP contribution in [0.1, 0.15) is 53.7 Å². The van der Waals surface area contributed by atoms with Crippen LogP contribution < -0.4 is 10.9 Å². The number of carbonyl (C=O) groups is 2. The minimum Gasteiger partial charge on any atom is -0.480 e. The highest BCUT2D eigenvalue weighted by atomic mass is 32.2. The van der Waals surface area contributed by atoms with Gasteiger partial charge in [-0.2, -0.15) is 11.8 Å². The number of aromatic nitrogens is 1. The minimum absolute atomic E-state index is 0.0243. The average Bonchev–Trinajstić information content (AvgIpc) is 2.62. The van der Waals surface area contributed by atoms with E-state index in [1.807, 2.05) is 13.8 Å². The van der Waals surface area contributed by atoms with Gasteiger partial charge in [0.2, 0.25) is 0 Å². The number of aryl methyl sites for hydroxylation is 1. The van der Waals surface area contributed by atoms with Crippen LogP contribution in [-0.4, -0.2) is 39.6 Å². The Morgan fingerprint density at radius 1 is 1.31 bits per heavy atom. The summed E-state index contributed by atoms with van der Waals surface area (Å²) in [7, 11) is 0. The molecule has 2 rings (SSSR count). The molecule has 1 fully saturated rings. The van der Waals surface area contributed by atoms with E-state index in [0.29, 0.717) is 12.5 Å². The van der Waals surface area contributed by atoms with Crippen molar-refractivity contribution in [1.82, 2.24) is 9.88 Å². The number of nitrogens with one attached hydrogen (secondary N) is 1. The zero-order valence-electron chi connectivity index (χ0n) is 15.7. The van der Waals surface area contributed by atoms with Crippen LogP contribution in [0.25, 0.3) is 0 Å². The number of aliphatic carboxylic acids is 1. The summed E-state index contributed by atoms with van der Waals surface area (Å²) in [5.41, 5.74) is 1.43. The Morgan fingerprint density at radius 2 is 1.96 bits per heavy atom. The molecule has 0 aliphatic heterocycles. The molecule has 0 bridgehead atoms. The predicted molar refractivity (Wildman–Crippen MR) is 104 cm³/mol. The molecule has 0 saturated heterocycles. The molecule has 26 heavy (non-hydrogen) atoms. The number of carboxylic acids is 1. The molecule has 1 aromatic rings. The lowest BCUT2D eigenvalue weighted by molar-refractivity contribution is -0.138. The molecule has 1 aliphatic carbocycles. The van der Waals surface area contributed by atoms with Crippen molar-refractivity contribution in [3.8, 4) is 0 Å². The van der Waals surface area contributed by atoms with Gasteiger partial charge >= 0.3 is 5.97 Å². The van der Waals surface area contributed by atoms with Gasteiger partial charge in [0.05, 0.1) is 0 Å². The molecule has 1 aliphatic rings. The Bertz CT molecular complexity index is 723. The van der Waals surface area contributed by atoms with Crippen molar-refractivity contribution in [3.05, 3.63) is 33.2 Å². The van der Waals surface area contributed by atoms with Crippen molar-refractivity contribution >= 4 is 23.6 Å². The highest BCUT2D eigenvalue weighted by Gasteiger charge is 2.24. The van der Waals surface area contributed by atoms with E-state index in [9.17, 15) is 19.5 Å². The second-order valence-corrected chi connectivity index (χ2v) is 7.98. The molecule has 1 heterocycles. The number of hydrogen-bond acceptors (Lipinski definition) is 4. The van der Waals surface area contributed by atoms with Gasteiger partial charge in [0, 0.05) is 18.0 Å². The summed E-state index contributed by atoms with van der Waals surface area (Å²) in [6, 6.07) is 0.563. The van der Waals surface area contributed by atoms with Crippen molar-refractivity contribution in [2.75, 3.05) is 12.0 Å². The summed E-state index contributed by atoms with van der Waals surface area (Å²) < 4.78 is 1.70. The number of amides is 1. The van der Waals surface area contributed by atoms with Crippen molar-refractivity contribution < 1.29 is 14.7 Å². The SMILES string of the molecule is CSCC(NC(=O)c1cc(C)c(C)n(CC2CCCCC2)c1=O)C(=O)O. The molecular formula is C19H28N2O4S. The summed E-state index contributed by atoms with van der Waals surface area (Å²) >= 11 is 1.33. The van der Waals surface area contributed by atoms with Crippen LogP contribution in [0, 0.1) is 19.8 Å². The van der Waals surface area contributed by atoms with Crippen LogP contribution in [0.5, 0.6) is 0 Å². The van der Waals surface area contributed by atoms with Gasteiger partial charge in [0.1, 0.15) is 11.6 Å². The van der Waals surface area contributed by atoms with Crippen molar-refractivity contribution in [2.24, 2.45) is 5.92 Å². The topological polar surface area (TPSA) is 88.4 Å². The van der Waals surface area contributed by atoms with E-state index in [0.717, 1.165) is 24.1 Å². The number of nitrogens with zero attached hydrogens (tertiary/aromatic N) is 1. The Morgan fingerprint density at radius 3 is 2.54 bits per heavy atom. The van der Waals surface area contributed by atoms with Gasteiger partial charge in [-0.15, -0.1) is 0 Å². The van der Waals surface area contributed by atoms with Gasteiger partial charge in [0.25, 0.3) is 11.5 Å². The third kappa shape index (κ3) is 4.90. The predicted octanol–water partition coefficient (Wildman–Crippen LogP) is 2.59. The Hall–Kier alpha value is -1.76. The standard InChI is InChI=1S/C19H28N2O4S/c1-12-9-15(17(22)20-16(11-26-3)19(24)25)18(23)21(13(12)2)10-14-7-5-4-6-8-14/h9,14,16H,4-8,10-11H2,1-3H3,(H,20,22)(H,24,25). The first-order valence-electron chi connectivity index (χ1n) is 9.08. The summed E-state index contributed by atoms with van der Waals surface area (Å²) in [5, 5.41) is 11.7. The molecule has 1 unspecified atom stereocenters. The molecule has 1 atom stereocenters. The summed E-state index contributed by atoms with van der Waals surface area (Å²) in [6.07, 6.45) is 7.61. The maximum atomic E-state index is 12.9. The van der Waals surface area contributed by atoms with Crippen LogP contribution in [0.3, 0.4) is 0 Å².